The molecule has 0 saturated heterocycles. The summed E-state index contributed by atoms with van der Waals surface area (Å²) in [6, 6.07) is 8.18. The first-order chi connectivity index (χ1) is 9.22. The summed E-state index contributed by atoms with van der Waals surface area (Å²) in [7, 11) is 0. The number of hydrogen-bond donors (Lipinski definition) is 2. The number of para-hydroxylation sites is 1. The highest BCUT2D eigenvalue weighted by Gasteiger charge is 2.10. The molecule has 0 fully saturated rings. The smallest absolute Gasteiger partial charge is 0.134 e. The minimum Gasteiger partial charge on any atom is -0.464 e. The molecule has 104 valence electrons. The molecular weight excluding hydrogens is 236 g/mol. The Balaban J connectivity index is 1.83. The minimum atomic E-state index is 0.557. The number of nitrogens with two attached hydrogens (primary N) is 1. The van der Waals surface area contributed by atoms with Crippen LogP contribution in [0.25, 0.3) is 11.0 Å². The number of benzene rings is 1. The van der Waals surface area contributed by atoms with E-state index in [9.17, 15) is 0 Å². The third kappa shape index (κ3) is 3.58. The van der Waals surface area contributed by atoms with Gasteiger partial charge in [0.2, 0.25) is 0 Å². The molecule has 3 heteroatoms. The van der Waals surface area contributed by atoms with Crippen LogP contribution in [0.1, 0.15) is 19.4 Å². The first kappa shape index (κ1) is 14.1. The molecule has 1 aromatic carbocycles. The van der Waals surface area contributed by atoms with E-state index in [1.165, 1.54) is 10.9 Å². The Morgan fingerprint density at radius 2 is 2.05 bits per heavy atom. The van der Waals surface area contributed by atoms with Crippen molar-refractivity contribution in [1.29, 1.82) is 0 Å². The van der Waals surface area contributed by atoms with Gasteiger partial charge in [-0.1, -0.05) is 32.0 Å². The van der Waals surface area contributed by atoms with Gasteiger partial charge in [0, 0.05) is 5.39 Å². The molecule has 0 aliphatic rings. The quantitative estimate of drug-likeness (QED) is 0.753. The molecule has 2 aromatic rings. The summed E-state index contributed by atoms with van der Waals surface area (Å²) in [5.41, 5.74) is 8.02. The normalized spacial score (nSPS) is 13.3. The first-order valence-corrected chi connectivity index (χ1v) is 7.08. The molecule has 0 radical (unpaired) electrons. The third-order valence-corrected chi connectivity index (χ3v) is 3.78. The molecule has 3 nitrogen and oxygen atoms in total. The topological polar surface area (TPSA) is 51.2 Å². The van der Waals surface area contributed by atoms with Gasteiger partial charge in [0.05, 0.1) is 6.26 Å². The predicted octanol–water partition coefficient (Wildman–Crippen LogP) is 2.80. The first-order valence-electron chi connectivity index (χ1n) is 7.08. The van der Waals surface area contributed by atoms with Crippen molar-refractivity contribution >= 4 is 11.0 Å². The van der Waals surface area contributed by atoms with Crippen molar-refractivity contribution in [3.63, 3.8) is 0 Å². The van der Waals surface area contributed by atoms with Crippen LogP contribution in [-0.2, 0) is 6.42 Å². The van der Waals surface area contributed by atoms with Crippen molar-refractivity contribution in [1.82, 2.24) is 5.32 Å². The third-order valence-electron chi connectivity index (χ3n) is 3.78. The fourth-order valence-corrected chi connectivity index (χ4v) is 2.33. The van der Waals surface area contributed by atoms with Gasteiger partial charge in [-0.15, -0.1) is 0 Å². The zero-order valence-corrected chi connectivity index (χ0v) is 11.9. The molecule has 1 aromatic heterocycles. The molecule has 0 amide bonds. The minimum absolute atomic E-state index is 0.557. The molecule has 3 N–H and O–H groups in total. The van der Waals surface area contributed by atoms with E-state index in [4.69, 9.17) is 10.2 Å². The van der Waals surface area contributed by atoms with Crippen molar-refractivity contribution in [2.75, 3.05) is 19.6 Å². The molecule has 19 heavy (non-hydrogen) atoms. The summed E-state index contributed by atoms with van der Waals surface area (Å²) in [5, 5.41) is 4.72. The number of furan rings is 1. The van der Waals surface area contributed by atoms with E-state index < -0.39 is 0 Å². The highest BCUT2D eigenvalue weighted by molar-refractivity contribution is 5.80. The Bertz CT molecular complexity index is 504. The number of fused-ring (bicyclic) bond motifs is 1. The van der Waals surface area contributed by atoms with Crippen molar-refractivity contribution in [3.05, 3.63) is 36.1 Å². The van der Waals surface area contributed by atoms with Crippen LogP contribution in [0, 0.1) is 11.8 Å². The van der Waals surface area contributed by atoms with Crippen LogP contribution in [-0.4, -0.2) is 19.6 Å². The zero-order valence-electron chi connectivity index (χ0n) is 11.9. The Hall–Kier alpha value is -1.32. The maximum atomic E-state index is 5.77. The summed E-state index contributed by atoms with van der Waals surface area (Å²) in [6.45, 7) is 7.15. The van der Waals surface area contributed by atoms with Gasteiger partial charge in [0.25, 0.3) is 0 Å². The van der Waals surface area contributed by atoms with Crippen LogP contribution in [0.15, 0.2) is 34.9 Å². The predicted molar refractivity (Wildman–Crippen MR) is 80.2 cm³/mol. The van der Waals surface area contributed by atoms with Crippen molar-refractivity contribution in [3.8, 4) is 0 Å². The number of rotatable bonds is 7. The van der Waals surface area contributed by atoms with Gasteiger partial charge in [-0.3, -0.25) is 0 Å². The van der Waals surface area contributed by atoms with E-state index in [0.29, 0.717) is 11.8 Å². The average molecular weight is 260 g/mol. The Kier molecular flexibility index (Phi) is 5.00. The van der Waals surface area contributed by atoms with Gasteiger partial charge in [-0.05, 0) is 49.5 Å². The summed E-state index contributed by atoms with van der Waals surface area (Å²) in [6.07, 6.45) is 2.86. The maximum Gasteiger partial charge on any atom is 0.134 e. The highest BCUT2D eigenvalue weighted by Crippen LogP contribution is 2.20. The van der Waals surface area contributed by atoms with Crippen molar-refractivity contribution in [2.24, 2.45) is 17.6 Å². The molecule has 0 saturated carbocycles. The van der Waals surface area contributed by atoms with Crippen molar-refractivity contribution < 1.29 is 4.42 Å². The zero-order chi connectivity index (χ0) is 13.7. The van der Waals surface area contributed by atoms with Gasteiger partial charge >= 0.3 is 0 Å². The monoisotopic (exact) mass is 260 g/mol. The fraction of sp³-hybridized carbons (Fsp3) is 0.500. The fourth-order valence-electron chi connectivity index (χ4n) is 2.33. The highest BCUT2D eigenvalue weighted by atomic mass is 16.3. The standard InChI is InChI=1S/C16H24N2O/c1-12(2)14(9-17)10-18-8-7-13-11-19-16-6-4-3-5-15(13)16/h3-6,11-12,14,18H,7-10,17H2,1-2H3. The number of nitrogens with one attached hydrogen (secondary N) is 1. The Labute approximate surface area is 115 Å². The van der Waals surface area contributed by atoms with E-state index in [0.717, 1.165) is 31.6 Å². The average Bonchev–Trinajstić information content (AvgIpc) is 2.82. The lowest BCUT2D eigenvalue weighted by Crippen LogP contribution is -2.32. The van der Waals surface area contributed by atoms with Crippen LogP contribution >= 0.6 is 0 Å². The largest absolute Gasteiger partial charge is 0.464 e. The molecule has 0 bridgehead atoms. The second-order valence-corrected chi connectivity index (χ2v) is 5.45. The van der Waals surface area contributed by atoms with E-state index in [2.05, 4.69) is 31.3 Å². The molecule has 0 spiro atoms. The van der Waals surface area contributed by atoms with E-state index >= 15 is 0 Å². The molecule has 1 unspecified atom stereocenters. The number of hydrogen-bond acceptors (Lipinski definition) is 3. The summed E-state index contributed by atoms with van der Waals surface area (Å²) >= 11 is 0. The van der Waals surface area contributed by atoms with Crippen molar-refractivity contribution in [2.45, 2.75) is 20.3 Å². The summed E-state index contributed by atoms with van der Waals surface area (Å²) in [4.78, 5) is 0. The van der Waals surface area contributed by atoms with E-state index in [1.54, 1.807) is 0 Å². The van der Waals surface area contributed by atoms with Gasteiger partial charge in [-0.2, -0.15) is 0 Å². The summed E-state index contributed by atoms with van der Waals surface area (Å²) in [5.74, 6) is 1.19. The van der Waals surface area contributed by atoms with Crippen LogP contribution in [0.4, 0.5) is 0 Å². The molecule has 1 heterocycles. The van der Waals surface area contributed by atoms with E-state index in [1.807, 2.05) is 18.4 Å². The van der Waals surface area contributed by atoms with Crippen LogP contribution in [0.2, 0.25) is 0 Å². The Morgan fingerprint density at radius 1 is 1.26 bits per heavy atom. The van der Waals surface area contributed by atoms with Gasteiger partial charge < -0.3 is 15.5 Å². The van der Waals surface area contributed by atoms with Crippen LogP contribution in [0.3, 0.4) is 0 Å². The van der Waals surface area contributed by atoms with Gasteiger partial charge in [0.15, 0.2) is 0 Å². The molecule has 0 aliphatic heterocycles. The van der Waals surface area contributed by atoms with E-state index in [-0.39, 0.29) is 0 Å². The summed E-state index contributed by atoms with van der Waals surface area (Å²) < 4.78 is 5.54. The SMILES string of the molecule is CC(C)C(CN)CNCCc1coc2ccccc12. The Morgan fingerprint density at radius 3 is 2.79 bits per heavy atom. The molecule has 0 aliphatic carbocycles. The maximum absolute atomic E-state index is 5.77. The second kappa shape index (κ2) is 6.73. The van der Waals surface area contributed by atoms with Gasteiger partial charge in [0.1, 0.15) is 5.58 Å². The van der Waals surface area contributed by atoms with Crippen LogP contribution in [0.5, 0.6) is 0 Å². The second-order valence-electron chi connectivity index (χ2n) is 5.45. The lowest BCUT2D eigenvalue weighted by Gasteiger charge is -2.19. The van der Waals surface area contributed by atoms with Crippen LogP contribution < -0.4 is 11.1 Å². The molecular formula is C16H24N2O. The van der Waals surface area contributed by atoms with Gasteiger partial charge in [-0.25, -0.2) is 0 Å². The lowest BCUT2D eigenvalue weighted by molar-refractivity contribution is 0.372. The molecule has 1 atom stereocenters. The lowest BCUT2D eigenvalue weighted by atomic mass is 9.96. The molecule has 2 rings (SSSR count).